The maximum atomic E-state index is 11.0. The Morgan fingerprint density at radius 2 is 1.81 bits per heavy atom. The van der Waals surface area contributed by atoms with Gasteiger partial charge in [0.05, 0.1) is 9.44 Å². The Morgan fingerprint density at radius 3 is 2.38 bits per heavy atom. The van der Waals surface area contributed by atoms with Crippen LogP contribution in [0.1, 0.15) is 0 Å². The van der Waals surface area contributed by atoms with Crippen LogP contribution in [0.3, 0.4) is 0 Å². The number of hydrogen-bond acceptors (Lipinski definition) is 7. The van der Waals surface area contributed by atoms with Gasteiger partial charge in [0.2, 0.25) is 0 Å². The molecule has 0 aliphatic heterocycles. The van der Waals surface area contributed by atoms with E-state index in [1.54, 1.807) is 0 Å². The monoisotopic (exact) mass is 293 g/mol. The molecule has 13 nitrogen and oxygen atoms in total. The van der Waals surface area contributed by atoms with E-state index in [2.05, 4.69) is 10.1 Å². The molecule has 0 spiro atoms. The summed E-state index contributed by atoms with van der Waals surface area (Å²) >= 11 is 0. The minimum atomic E-state index is -0.972. The van der Waals surface area contributed by atoms with Gasteiger partial charge in [0.25, 0.3) is 0 Å². The van der Waals surface area contributed by atoms with Crippen molar-refractivity contribution in [1.82, 2.24) is 14.6 Å². The SMILES string of the molecule is O=[N+]([O-])c1ccc2[n-][n+]3cc([N+](=O)[O-])c([N+](=O)[O-])n3c2n1. The Morgan fingerprint density at radius 1 is 1.10 bits per heavy atom. The lowest BCUT2D eigenvalue weighted by Gasteiger charge is -1.89. The van der Waals surface area contributed by atoms with Crippen LogP contribution in [0.4, 0.5) is 17.3 Å². The Balaban J connectivity index is 2.47. The smallest absolute Gasteiger partial charge is 0.358 e. The second-order valence-electron chi connectivity index (χ2n) is 3.85. The largest absolute Gasteiger partial charge is 0.473 e. The van der Waals surface area contributed by atoms with Gasteiger partial charge in [0, 0.05) is 15.7 Å². The van der Waals surface area contributed by atoms with E-state index in [0.717, 1.165) is 21.4 Å². The van der Waals surface area contributed by atoms with Crippen molar-refractivity contribution in [3.8, 4) is 0 Å². The highest BCUT2D eigenvalue weighted by atomic mass is 16.6. The van der Waals surface area contributed by atoms with Crippen LogP contribution in [0.15, 0.2) is 18.3 Å². The molecule has 106 valence electrons. The summed E-state index contributed by atoms with van der Waals surface area (Å²) in [6.07, 6.45) is 0.839. The molecule has 0 saturated heterocycles. The normalized spacial score (nSPS) is 11.0. The Bertz CT molecular complexity index is 940. The van der Waals surface area contributed by atoms with Crippen LogP contribution >= 0.6 is 0 Å². The predicted molar refractivity (Wildman–Crippen MR) is 61.6 cm³/mol. The van der Waals surface area contributed by atoms with Crippen LogP contribution in [0.25, 0.3) is 11.2 Å². The van der Waals surface area contributed by atoms with Crippen molar-refractivity contribution in [2.75, 3.05) is 0 Å². The lowest BCUT2D eigenvalue weighted by Crippen LogP contribution is -2.29. The predicted octanol–water partition coefficient (Wildman–Crippen LogP) is -0.245. The van der Waals surface area contributed by atoms with Crippen molar-refractivity contribution < 1.29 is 19.4 Å². The standard InChI is InChI=1S/C8H3N7O6/c16-13(17)5-3-11-10-4-1-2-6(14(18)19)9-7(4)12(11)8(5)15(20)21/h1-3H. The average molecular weight is 293 g/mol. The van der Waals surface area contributed by atoms with Gasteiger partial charge < -0.3 is 20.2 Å². The second-order valence-corrected chi connectivity index (χ2v) is 3.85. The maximum Gasteiger partial charge on any atom is 0.473 e. The Labute approximate surface area is 112 Å². The fraction of sp³-hybridized carbons (Fsp3) is 0. The minimum Gasteiger partial charge on any atom is -0.358 e. The molecule has 0 aliphatic carbocycles. The third-order valence-electron chi connectivity index (χ3n) is 2.68. The van der Waals surface area contributed by atoms with Crippen LogP contribution in [0, 0.1) is 30.3 Å². The molecule has 0 saturated carbocycles. The quantitative estimate of drug-likeness (QED) is 0.362. The van der Waals surface area contributed by atoms with E-state index >= 15 is 0 Å². The molecule has 0 aliphatic rings. The van der Waals surface area contributed by atoms with Crippen molar-refractivity contribution in [2.45, 2.75) is 0 Å². The van der Waals surface area contributed by atoms with Gasteiger partial charge in [0.15, 0.2) is 0 Å². The van der Waals surface area contributed by atoms with Gasteiger partial charge >= 0.3 is 29.2 Å². The van der Waals surface area contributed by atoms with E-state index in [0.29, 0.717) is 0 Å². The number of hydrogen-bond donors (Lipinski definition) is 0. The molecule has 3 aromatic heterocycles. The summed E-state index contributed by atoms with van der Waals surface area (Å²) < 4.78 is 1.58. The zero-order valence-electron chi connectivity index (χ0n) is 9.81. The average Bonchev–Trinajstić information content (AvgIpc) is 2.92. The number of rotatable bonds is 3. The molecule has 3 rings (SSSR count). The zero-order valence-corrected chi connectivity index (χ0v) is 9.81. The number of fused-ring (bicyclic) bond motifs is 3. The highest BCUT2D eigenvalue weighted by Crippen LogP contribution is 2.26. The van der Waals surface area contributed by atoms with Crippen LogP contribution in [-0.2, 0) is 0 Å². The Hall–Kier alpha value is -3.64. The summed E-state index contributed by atoms with van der Waals surface area (Å²) in [6, 6.07) is 2.33. The highest BCUT2D eigenvalue weighted by molar-refractivity contribution is 5.71. The van der Waals surface area contributed by atoms with Gasteiger partial charge in [-0.05, 0) is 15.9 Å². The molecule has 21 heavy (non-hydrogen) atoms. The molecule has 0 N–H and O–H groups in total. The van der Waals surface area contributed by atoms with Gasteiger partial charge in [-0.1, -0.05) is 0 Å². The van der Waals surface area contributed by atoms with Gasteiger partial charge in [0.1, 0.15) is 5.52 Å². The summed E-state index contributed by atoms with van der Waals surface area (Å²) in [6.45, 7) is 0. The van der Waals surface area contributed by atoms with E-state index < -0.39 is 32.1 Å². The van der Waals surface area contributed by atoms with E-state index in [-0.39, 0.29) is 11.2 Å². The summed E-state index contributed by atoms with van der Waals surface area (Å²) in [5.41, 5.74) is -0.884. The van der Waals surface area contributed by atoms with E-state index in [9.17, 15) is 30.3 Å². The van der Waals surface area contributed by atoms with Crippen LogP contribution in [-0.4, -0.2) is 24.3 Å². The first-order chi connectivity index (χ1) is 9.90. The molecule has 13 heteroatoms. The fourth-order valence-electron chi connectivity index (χ4n) is 1.88. The minimum absolute atomic E-state index is 0.124. The number of nitro groups is 3. The van der Waals surface area contributed by atoms with Crippen LogP contribution in [0.5, 0.6) is 0 Å². The molecule has 0 bridgehead atoms. The fourth-order valence-corrected chi connectivity index (χ4v) is 1.88. The number of pyridine rings is 1. The Kier molecular flexibility index (Phi) is 2.32. The molecular weight excluding hydrogens is 290 g/mol. The maximum absolute atomic E-state index is 11.0. The molecular formula is C8H3N7O6. The van der Waals surface area contributed by atoms with Gasteiger partial charge in [-0.2, -0.15) is 0 Å². The van der Waals surface area contributed by atoms with Crippen molar-refractivity contribution >= 4 is 28.5 Å². The van der Waals surface area contributed by atoms with Gasteiger partial charge in [-0.15, -0.1) is 5.10 Å². The molecule has 3 aromatic rings. The molecule has 0 unspecified atom stereocenters. The molecule has 0 amide bonds. The molecule has 3 heterocycles. The number of aromatic nitrogens is 4. The van der Waals surface area contributed by atoms with E-state index in [1.165, 1.54) is 6.07 Å². The summed E-state index contributed by atoms with van der Waals surface area (Å²) in [7, 11) is 0. The molecule has 0 atom stereocenters. The van der Waals surface area contributed by atoms with Crippen molar-refractivity contribution in [1.29, 1.82) is 0 Å². The third-order valence-corrected chi connectivity index (χ3v) is 2.68. The lowest BCUT2D eigenvalue weighted by atomic mass is 10.4. The zero-order chi connectivity index (χ0) is 15.3. The molecule has 0 aromatic carbocycles. The summed E-state index contributed by atoms with van der Waals surface area (Å²) in [4.78, 5) is 33.5. The first kappa shape index (κ1) is 12.4. The summed E-state index contributed by atoms with van der Waals surface area (Å²) in [5.74, 6) is -1.43. The topological polar surface area (TPSA) is 165 Å². The highest BCUT2D eigenvalue weighted by Gasteiger charge is 2.41. The molecule has 0 radical (unpaired) electrons. The summed E-state index contributed by atoms with van der Waals surface area (Å²) in [5, 5.41) is 36.4. The third kappa shape index (κ3) is 1.64. The number of nitrogens with zero attached hydrogens (tertiary/aromatic N) is 7. The second kappa shape index (κ2) is 3.92. The van der Waals surface area contributed by atoms with Crippen molar-refractivity contribution in [2.24, 2.45) is 0 Å². The van der Waals surface area contributed by atoms with Crippen LogP contribution in [0.2, 0.25) is 0 Å². The molecule has 0 fully saturated rings. The van der Waals surface area contributed by atoms with Gasteiger partial charge in [-0.25, -0.2) is 0 Å². The van der Waals surface area contributed by atoms with Crippen molar-refractivity contribution in [3.63, 3.8) is 0 Å². The van der Waals surface area contributed by atoms with E-state index in [4.69, 9.17) is 0 Å². The first-order valence-electron chi connectivity index (χ1n) is 5.24. The van der Waals surface area contributed by atoms with Gasteiger partial charge in [-0.3, -0.25) is 10.1 Å². The van der Waals surface area contributed by atoms with Crippen molar-refractivity contribution in [3.05, 3.63) is 48.7 Å². The van der Waals surface area contributed by atoms with Crippen LogP contribution < -0.4 is 9.73 Å². The van der Waals surface area contributed by atoms with E-state index in [1.807, 2.05) is 0 Å². The first-order valence-corrected chi connectivity index (χ1v) is 5.24. The lowest BCUT2D eigenvalue weighted by molar-refractivity contribution is -0.678.